The number of benzene rings is 2. The molecule has 2 aromatic carbocycles. The molecule has 1 fully saturated rings. The maximum Gasteiger partial charge on any atom is 0.266 e. The Balaban J connectivity index is 1.33. The number of nitrogens with one attached hydrogen (secondary N) is 1. The van der Waals surface area contributed by atoms with Gasteiger partial charge in [0.05, 0.1) is 11.4 Å². The number of piperidine rings is 1. The molecule has 0 saturated carbocycles. The molecule has 1 aliphatic rings. The van der Waals surface area contributed by atoms with Crippen molar-refractivity contribution in [3.8, 4) is 21.8 Å². The summed E-state index contributed by atoms with van der Waals surface area (Å²) in [4.78, 5) is 37.9. The zero-order chi connectivity index (χ0) is 23.5. The largest absolute Gasteiger partial charge is 0.338 e. The fraction of sp³-hybridized carbons (Fsp3) is 0.231. The van der Waals surface area contributed by atoms with Crippen LogP contribution >= 0.6 is 22.7 Å². The maximum absolute atomic E-state index is 13.6. The van der Waals surface area contributed by atoms with Gasteiger partial charge in [-0.1, -0.05) is 60.7 Å². The van der Waals surface area contributed by atoms with E-state index < -0.39 is 0 Å². The molecule has 5 rings (SSSR count). The van der Waals surface area contributed by atoms with Gasteiger partial charge in [0.2, 0.25) is 5.91 Å². The van der Waals surface area contributed by atoms with Crippen LogP contribution in [0.1, 0.15) is 28.2 Å². The lowest BCUT2D eigenvalue weighted by Gasteiger charge is -2.31. The number of amides is 2. The molecule has 1 N–H and O–H groups in total. The van der Waals surface area contributed by atoms with Crippen LogP contribution in [0.15, 0.2) is 66.0 Å². The van der Waals surface area contributed by atoms with Crippen molar-refractivity contribution in [2.75, 3.05) is 18.4 Å². The van der Waals surface area contributed by atoms with Gasteiger partial charge in [-0.25, -0.2) is 9.97 Å². The number of likely N-dealkylation sites (tertiary alicyclic amines) is 1. The summed E-state index contributed by atoms with van der Waals surface area (Å²) in [5.41, 5.74) is 3.54. The van der Waals surface area contributed by atoms with Crippen LogP contribution < -0.4 is 5.32 Å². The molecule has 0 radical (unpaired) electrons. The summed E-state index contributed by atoms with van der Waals surface area (Å²) in [6.07, 6.45) is 1.26. The van der Waals surface area contributed by atoms with E-state index in [1.807, 2.05) is 77.9 Å². The quantitative estimate of drug-likeness (QED) is 0.389. The average molecular weight is 489 g/mol. The van der Waals surface area contributed by atoms with Gasteiger partial charge in [-0.05, 0) is 19.8 Å². The summed E-state index contributed by atoms with van der Waals surface area (Å²) in [7, 11) is 0. The number of hydrogen-bond donors (Lipinski definition) is 1. The van der Waals surface area contributed by atoms with Crippen LogP contribution in [0.5, 0.6) is 0 Å². The number of hydrogen-bond acceptors (Lipinski definition) is 6. The minimum atomic E-state index is -0.122. The first kappa shape index (κ1) is 22.4. The molecule has 2 aromatic heterocycles. The van der Waals surface area contributed by atoms with E-state index in [0.717, 1.165) is 21.8 Å². The monoisotopic (exact) mass is 488 g/mol. The first-order valence-electron chi connectivity index (χ1n) is 11.2. The lowest BCUT2D eigenvalue weighted by atomic mass is 9.95. The highest BCUT2D eigenvalue weighted by Gasteiger charge is 2.31. The molecular formula is C26H24N4O2S2. The normalized spacial score (nSPS) is 14.2. The molecule has 1 aliphatic heterocycles. The number of rotatable bonds is 5. The van der Waals surface area contributed by atoms with E-state index in [4.69, 9.17) is 4.98 Å². The van der Waals surface area contributed by atoms with Crippen molar-refractivity contribution < 1.29 is 9.59 Å². The summed E-state index contributed by atoms with van der Waals surface area (Å²) in [5.74, 6) is -0.160. The Morgan fingerprint density at radius 1 is 0.941 bits per heavy atom. The van der Waals surface area contributed by atoms with Crippen LogP contribution in [0.25, 0.3) is 21.8 Å². The predicted octanol–water partition coefficient (Wildman–Crippen LogP) is 5.73. The second-order valence-electron chi connectivity index (χ2n) is 8.28. The number of thiazole rings is 2. The van der Waals surface area contributed by atoms with Gasteiger partial charge in [0.1, 0.15) is 9.88 Å². The van der Waals surface area contributed by atoms with Gasteiger partial charge >= 0.3 is 0 Å². The van der Waals surface area contributed by atoms with E-state index in [2.05, 4.69) is 10.3 Å². The van der Waals surface area contributed by atoms with E-state index in [1.54, 1.807) is 0 Å². The Morgan fingerprint density at radius 2 is 1.59 bits per heavy atom. The summed E-state index contributed by atoms with van der Waals surface area (Å²) < 4.78 is 0. The minimum absolute atomic E-state index is 0.0180. The maximum atomic E-state index is 13.6. The van der Waals surface area contributed by atoms with Gasteiger partial charge in [0.15, 0.2) is 5.13 Å². The summed E-state index contributed by atoms with van der Waals surface area (Å²) in [6, 6.07) is 19.8. The van der Waals surface area contributed by atoms with Crippen molar-refractivity contribution in [1.82, 2.24) is 14.9 Å². The van der Waals surface area contributed by atoms with Crippen LogP contribution in [-0.4, -0.2) is 39.8 Å². The average Bonchev–Trinajstić information content (AvgIpc) is 3.51. The molecule has 3 heterocycles. The number of aryl methyl sites for hydroxylation is 1. The van der Waals surface area contributed by atoms with Crippen molar-refractivity contribution in [2.24, 2.45) is 5.92 Å². The number of carbonyl (C=O) groups excluding carboxylic acids is 2. The molecule has 8 heteroatoms. The fourth-order valence-corrected chi connectivity index (χ4v) is 5.82. The van der Waals surface area contributed by atoms with Gasteiger partial charge in [0, 0.05) is 35.5 Å². The SMILES string of the molecule is Cc1csc(NC(=O)C2CCN(C(=O)c3sc(-c4ccccc4)nc3-c3ccccc3)CC2)n1. The van der Waals surface area contributed by atoms with E-state index in [0.29, 0.717) is 41.6 Å². The van der Waals surface area contributed by atoms with Crippen LogP contribution in [0, 0.1) is 12.8 Å². The third kappa shape index (κ3) is 4.78. The number of nitrogens with zero attached hydrogens (tertiary/aromatic N) is 3. The Bertz CT molecular complexity index is 1290. The molecule has 4 aromatic rings. The first-order valence-corrected chi connectivity index (χ1v) is 12.9. The third-order valence-corrected chi connectivity index (χ3v) is 7.86. The summed E-state index contributed by atoms with van der Waals surface area (Å²) >= 11 is 2.86. The first-order chi connectivity index (χ1) is 16.6. The third-order valence-electron chi connectivity index (χ3n) is 5.89. The lowest BCUT2D eigenvalue weighted by Crippen LogP contribution is -2.41. The molecule has 6 nitrogen and oxygen atoms in total. The van der Waals surface area contributed by atoms with Crippen molar-refractivity contribution in [2.45, 2.75) is 19.8 Å². The molecule has 1 saturated heterocycles. The highest BCUT2D eigenvalue weighted by atomic mass is 32.1. The molecule has 0 unspecified atom stereocenters. The zero-order valence-electron chi connectivity index (χ0n) is 18.7. The predicted molar refractivity (Wildman–Crippen MR) is 137 cm³/mol. The molecular weight excluding hydrogens is 464 g/mol. The minimum Gasteiger partial charge on any atom is -0.338 e. The van der Waals surface area contributed by atoms with E-state index in [9.17, 15) is 9.59 Å². The van der Waals surface area contributed by atoms with Gasteiger partial charge in [-0.3, -0.25) is 9.59 Å². The van der Waals surface area contributed by atoms with Crippen molar-refractivity contribution in [3.05, 3.63) is 76.6 Å². The molecule has 34 heavy (non-hydrogen) atoms. The standard InChI is InChI=1S/C26H24N4O2S2/c1-17-16-33-26(27-17)29-23(31)19-12-14-30(15-13-19)25(32)22-21(18-8-4-2-5-9-18)28-24(34-22)20-10-6-3-7-11-20/h2-11,16,19H,12-15H2,1H3,(H,27,29,31). The van der Waals surface area contributed by atoms with E-state index in [1.165, 1.54) is 22.7 Å². The van der Waals surface area contributed by atoms with Gasteiger partial charge in [-0.15, -0.1) is 22.7 Å². The fourth-order valence-electron chi connectivity index (χ4n) is 4.07. The lowest BCUT2D eigenvalue weighted by molar-refractivity contribution is -0.121. The molecule has 2 amide bonds. The van der Waals surface area contributed by atoms with Crippen molar-refractivity contribution in [1.29, 1.82) is 0 Å². The Hall–Kier alpha value is -3.36. The van der Waals surface area contributed by atoms with Crippen LogP contribution in [0.4, 0.5) is 5.13 Å². The van der Waals surface area contributed by atoms with Gasteiger partial charge in [0.25, 0.3) is 5.91 Å². The molecule has 172 valence electrons. The van der Waals surface area contributed by atoms with Crippen molar-refractivity contribution in [3.63, 3.8) is 0 Å². The van der Waals surface area contributed by atoms with Crippen LogP contribution in [0.2, 0.25) is 0 Å². The summed E-state index contributed by atoms with van der Waals surface area (Å²) in [5, 5.41) is 6.29. The second kappa shape index (κ2) is 9.87. The number of aromatic nitrogens is 2. The highest BCUT2D eigenvalue weighted by molar-refractivity contribution is 7.17. The zero-order valence-corrected chi connectivity index (χ0v) is 20.4. The smallest absolute Gasteiger partial charge is 0.266 e. The number of carbonyl (C=O) groups is 2. The second-order valence-corrected chi connectivity index (χ2v) is 10.1. The van der Waals surface area contributed by atoms with Crippen LogP contribution in [-0.2, 0) is 4.79 Å². The Kier molecular flexibility index (Phi) is 6.51. The van der Waals surface area contributed by atoms with Gasteiger partial charge < -0.3 is 10.2 Å². The Labute approximate surface area is 206 Å². The molecule has 0 aliphatic carbocycles. The summed E-state index contributed by atoms with van der Waals surface area (Å²) in [6.45, 7) is 2.99. The molecule has 0 atom stereocenters. The van der Waals surface area contributed by atoms with Crippen LogP contribution in [0.3, 0.4) is 0 Å². The highest BCUT2D eigenvalue weighted by Crippen LogP contribution is 2.35. The van der Waals surface area contributed by atoms with E-state index >= 15 is 0 Å². The topological polar surface area (TPSA) is 75.2 Å². The Morgan fingerprint density at radius 3 is 2.21 bits per heavy atom. The molecule has 0 bridgehead atoms. The molecule has 0 spiro atoms. The van der Waals surface area contributed by atoms with E-state index in [-0.39, 0.29) is 17.7 Å². The van der Waals surface area contributed by atoms with Crippen molar-refractivity contribution >= 4 is 39.6 Å². The number of anilines is 1. The van der Waals surface area contributed by atoms with Gasteiger partial charge in [-0.2, -0.15) is 0 Å².